The molecule has 114 valence electrons. The van der Waals surface area contributed by atoms with Crippen molar-refractivity contribution in [1.82, 2.24) is 10.2 Å². The lowest BCUT2D eigenvalue weighted by molar-refractivity contribution is -0.384. The van der Waals surface area contributed by atoms with Crippen LogP contribution >= 0.6 is 11.6 Å². The van der Waals surface area contributed by atoms with Gasteiger partial charge in [-0.3, -0.25) is 19.7 Å². The molecule has 0 radical (unpaired) electrons. The first kappa shape index (κ1) is 16.9. The summed E-state index contributed by atoms with van der Waals surface area (Å²) in [6.07, 6.45) is 0.792. The maximum atomic E-state index is 12.2. The van der Waals surface area contributed by atoms with Crippen LogP contribution in [0.3, 0.4) is 0 Å². The Hall–Kier alpha value is -2.15. The van der Waals surface area contributed by atoms with E-state index in [0.717, 1.165) is 17.4 Å². The predicted octanol–water partition coefficient (Wildman–Crippen LogP) is 1.85. The van der Waals surface area contributed by atoms with Crippen molar-refractivity contribution in [3.63, 3.8) is 0 Å². The van der Waals surface area contributed by atoms with Gasteiger partial charge in [-0.25, -0.2) is 0 Å². The van der Waals surface area contributed by atoms with Gasteiger partial charge in [0.25, 0.3) is 11.6 Å². The van der Waals surface area contributed by atoms with E-state index in [0.29, 0.717) is 6.54 Å². The first-order valence-electron chi connectivity index (χ1n) is 6.33. The number of rotatable bonds is 6. The SMILES string of the molecule is CCCNC(=O)CN(C)C(=O)c1cc([N+](=O)[O-])ccc1Cl. The number of hydrogen-bond acceptors (Lipinski definition) is 4. The predicted molar refractivity (Wildman–Crippen MR) is 78.4 cm³/mol. The fraction of sp³-hybridized carbons (Fsp3) is 0.385. The Balaban J connectivity index is 2.85. The number of nitro benzene ring substituents is 1. The number of benzene rings is 1. The van der Waals surface area contributed by atoms with E-state index < -0.39 is 10.8 Å². The molecule has 0 aliphatic heterocycles. The molecule has 0 atom stereocenters. The Morgan fingerprint density at radius 1 is 1.43 bits per heavy atom. The highest BCUT2D eigenvalue weighted by Gasteiger charge is 2.20. The average Bonchev–Trinajstić information content (AvgIpc) is 2.44. The molecular formula is C13H16ClN3O4. The van der Waals surface area contributed by atoms with Gasteiger partial charge in [0.05, 0.1) is 22.1 Å². The third-order valence-corrected chi connectivity index (χ3v) is 3.02. The monoisotopic (exact) mass is 313 g/mol. The van der Waals surface area contributed by atoms with E-state index in [1.165, 1.54) is 19.2 Å². The number of nitrogens with zero attached hydrogens (tertiary/aromatic N) is 2. The number of non-ortho nitro benzene ring substituents is 1. The molecule has 0 aliphatic rings. The Morgan fingerprint density at radius 2 is 2.10 bits per heavy atom. The van der Waals surface area contributed by atoms with E-state index >= 15 is 0 Å². The molecule has 0 heterocycles. The molecule has 0 aliphatic carbocycles. The normalized spacial score (nSPS) is 10.0. The van der Waals surface area contributed by atoms with Crippen LogP contribution < -0.4 is 5.32 Å². The molecule has 8 heteroatoms. The van der Waals surface area contributed by atoms with Gasteiger partial charge in [-0.2, -0.15) is 0 Å². The molecule has 1 N–H and O–H groups in total. The third kappa shape index (κ3) is 4.71. The third-order valence-electron chi connectivity index (χ3n) is 2.69. The maximum absolute atomic E-state index is 12.2. The molecule has 0 unspecified atom stereocenters. The Bertz CT molecular complexity index is 562. The van der Waals surface area contributed by atoms with Crippen molar-refractivity contribution in [2.24, 2.45) is 0 Å². The highest BCUT2D eigenvalue weighted by molar-refractivity contribution is 6.34. The highest BCUT2D eigenvalue weighted by Crippen LogP contribution is 2.23. The molecule has 0 spiro atoms. The summed E-state index contributed by atoms with van der Waals surface area (Å²) in [5.74, 6) is -0.843. The van der Waals surface area contributed by atoms with Crippen LogP contribution in [0, 0.1) is 10.1 Å². The van der Waals surface area contributed by atoms with Crippen LogP contribution in [-0.4, -0.2) is 41.8 Å². The second-order valence-corrected chi connectivity index (χ2v) is 4.84. The number of nitro groups is 1. The molecule has 0 saturated carbocycles. The zero-order valence-corrected chi connectivity index (χ0v) is 12.5. The van der Waals surface area contributed by atoms with Crippen molar-refractivity contribution in [2.45, 2.75) is 13.3 Å². The van der Waals surface area contributed by atoms with E-state index in [2.05, 4.69) is 5.32 Å². The number of carbonyl (C=O) groups is 2. The van der Waals surface area contributed by atoms with Crippen LogP contribution in [0.4, 0.5) is 5.69 Å². The zero-order chi connectivity index (χ0) is 16.0. The van der Waals surface area contributed by atoms with Crippen LogP contribution in [0.25, 0.3) is 0 Å². The largest absolute Gasteiger partial charge is 0.355 e. The molecule has 1 aromatic rings. The highest BCUT2D eigenvalue weighted by atomic mass is 35.5. The van der Waals surface area contributed by atoms with Crippen molar-refractivity contribution in [2.75, 3.05) is 20.1 Å². The number of halogens is 1. The van der Waals surface area contributed by atoms with E-state index in [9.17, 15) is 19.7 Å². The zero-order valence-electron chi connectivity index (χ0n) is 11.8. The summed E-state index contributed by atoms with van der Waals surface area (Å²) < 4.78 is 0. The first-order valence-corrected chi connectivity index (χ1v) is 6.70. The smallest absolute Gasteiger partial charge is 0.270 e. The summed E-state index contributed by atoms with van der Waals surface area (Å²) in [4.78, 5) is 35.0. The number of hydrogen-bond donors (Lipinski definition) is 1. The minimum atomic E-state index is -0.610. The molecule has 2 amide bonds. The van der Waals surface area contributed by atoms with Crippen molar-refractivity contribution < 1.29 is 14.5 Å². The standard InChI is InChI=1S/C13H16ClN3O4/c1-3-6-15-12(18)8-16(2)13(19)10-7-9(17(20)21)4-5-11(10)14/h4-5,7H,3,6,8H2,1-2H3,(H,15,18). The second kappa shape index (κ2) is 7.58. The summed E-state index contributed by atoms with van der Waals surface area (Å²) in [6.45, 7) is 2.30. The van der Waals surface area contributed by atoms with Gasteiger partial charge in [-0.15, -0.1) is 0 Å². The maximum Gasteiger partial charge on any atom is 0.270 e. The second-order valence-electron chi connectivity index (χ2n) is 4.43. The fourth-order valence-electron chi connectivity index (χ4n) is 1.60. The van der Waals surface area contributed by atoms with Crippen molar-refractivity contribution >= 4 is 29.1 Å². The van der Waals surface area contributed by atoms with Gasteiger partial charge in [-0.1, -0.05) is 18.5 Å². The molecule has 21 heavy (non-hydrogen) atoms. The number of carbonyl (C=O) groups excluding carboxylic acids is 2. The quantitative estimate of drug-likeness (QED) is 0.640. The van der Waals surface area contributed by atoms with Crippen LogP contribution in [-0.2, 0) is 4.79 Å². The van der Waals surface area contributed by atoms with E-state index in [1.807, 2.05) is 6.92 Å². The summed E-state index contributed by atoms with van der Waals surface area (Å²) >= 11 is 5.89. The summed E-state index contributed by atoms with van der Waals surface area (Å²) in [7, 11) is 1.43. The molecule has 0 saturated heterocycles. The van der Waals surface area contributed by atoms with Crippen molar-refractivity contribution in [3.8, 4) is 0 Å². The van der Waals surface area contributed by atoms with Crippen LogP contribution in [0.2, 0.25) is 5.02 Å². The minimum Gasteiger partial charge on any atom is -0.355 e. The minimum absolute atomic E-state index is 0.00309. The lowest BCUT2D eigenvalue weighted by Crippen LogP contribution is -2.38. The van der Waals surface area contributed by atoms with Gasteiger partial charge in [0, 0.05) is 25.7 Å². The lowest BCUT2D eigenvalue weighted by atomic mass is 10.1. The Labute approximate surface area is 127 Å². The Kier molecular flexibility index (Phi) is 6.10. The van der Waals surface area contributed by atoms with Gasteiger partial charge in [0.2, 0.25) is 5.91 Å². The molecule has 1 rings (SSSR count). The molecule has 7 nitrogen and oxygen atoms in total. The first-order chi connectivity index (χ1) is 9.86. The van der Waals surface area contributed by atoms with E-state index in [1.54, 1.807) is 0 Å². The van der Waals surface area contributed by atoms with E-state index in [4.69, 9.17) is 11.6 Å². The molecule has 0 aromatic heterocycles. The average molecular weight is 314 g/mol. The molecule has 0 bridgehead atoms. The Morgan fingerprint density at radius 3 is 2.67 bits per heavy atom. The number of likely N-dealkylation sites (N-methyl/N-ethyl adjacent to an activating group) is 1. The summed E-state index contributed by atoms with van der Waals surface area (Å²) in [5, 5.41) is 13.5. The topological polar surface area (TPSA) is 92.6 Å². The van der Waals surface area contributed by atoms with Crippen LogP contribution in [0.5, 0.6) is 0 Å². The molecule has 1 aromatic carbocycles. The van der Waals surface area contributed by atoms with Crippen LogP contribution in [0.15, 0.2) is 18.2 Å². The number of amides is 2. The molecule has 0 fully saturated rings. The van der Waals surface area contributed by atoms with Gasteiger partial charge >= 0.3 is 0 Å². The van der Waals surface area contributed by atoms with Gasteiger partial charge in [0.15, 0.2) is 0 Å². The van der Waals surface area contributed by atoms with Crippen molar-refractivity contribution in [1.29, 1.82) is 0 Å². The van der Waals surface area contributed by atoms with Crippen LogP contribution in [0.1, 0.15) is 23.7 Å². The fourth-order valence-corrected chi connectivity index (χ4v) is 1.80. The summed E-state index contributed by atoms with van der Waals surface area (Å²) in [5.41, 5.74) is -0.233. The van der Waals surface area contributed by atoms with Crippen molar-refractivity contribution in [3.05, 3.63) is 38.9 Å². The van der Waals surface area contributed by atoms with E-state index in [-0.39, 0.29) is 28.7 Å². The van der Waals surface area contributed by atoms with Gasteiger partial charge < -0.3 is 10.2 Å². The number of nitrogens with one attached hydrogen (secondary N) is 1. The van der Waals surface area contributed by atoms with Gasteiger partial charge in [0.1, 0.15) is 0 Å². The van der Waals surface area contributed by atoms with Gasteiger partial charge in [-0.05, 0) is 12.5 Å². The molecular weight excluding hydrogens is 298 g/mol. The lowest BCUT2D eigenvalue weighted by Gasteiger charge is -2.17. The summed E-state index contributed by atoms with van der Waals surface area (Å²) in [6, 6.07) is 3.61.